The molecule has 0 aliphatic carbocycles. The third-order valence-corrected chi connectivity index (χ3v) is 2.14. The second-order valence-electron chi connectivity index (χ2n) is 4.77. The summed E-state index contributed by atoms with van der Waals surface area (Å²) in [5.41, 5.74) is 2.69. The molecule has 74 valence electrons. The van der Waals surface area contributed by atoms with E-state index in [4.69, 9.17) is 0 Å². The van der Waals surface area contributed by atoms with E-state index in [0.29, 0.717) is 0 Å². The monoisotopic (exact) mass is 179 g/mol. The van der Waals surface area contributed by atoms with E-state index in [1.807, 2.05) is 0 Å². The highest BCUT2D eigenvalue weighted by atomic mass is 14.8. The summed E-state index contributed by atoms with van der Waals surface area (Å²) in [7, 11) is 0. The van der Waals surface area contributed by atoms with Crippen LogP contribution in [0, 0.1) is 11.8 Å². The second-order valence-corrected chi connectivity index (χ2v) is 4.77. The molecule has 0 aromatic heterocycles. The zero-order chi connectivity index (χ0) is 9.84. The van der Waals surface area contributed by atoms with Crippen LogP contribution < -0.4 is 0 Å². The number of hydrogen-bond donors (Lipinski definition) is 0. The summed E-state index contributed by atoms with van der Waals surface area (Å²) in [6.45, 7) is 9.00. The summed E-state index contributed by atoms with van der Waals surface area (Å²) in [6, 6.07) is 0. The Kier molecular flexibility index (Phi) is 3.71. The summed E-state index contributed by atoms with van der Waals surface area (Å²) in [6.07, 6.45) is 5.69. The van der Waals surface area contributed by atoms with Gasteiger partial charge in [-0.05, 0) is 24.7 Å². The highest BCUT2D eigenvalue weighted by Gasteiger charge is 2.10. The Morgan fingerprint density at radius 2 is 1.77 bits per heavy atom. The van der Waals surface area contributed by atoms with Gasteiger partial charge in [-0.1, -0.05) is 33.8 Å². The van der Waals surface area contributed by atoms with Crippen LogP contribution in [0.3, 0.4) is 0 Å². The third-order valence-electron chi connectivity index (χ3n) is 2.14. The molecule has 1 aliphatic heterocycles. The van der Waals surface area contributed by atoms with E-state index in [0.717, 1.165) is 31.1 Å². The van der Waals surface area contributed by atoms with Crippen molar-refractivity contribution in [1.82, 2.24) is 0 Å². The molecule has 0 amide bonds. The minimum Gasteiger partial charge on any atom is -0.262 e. The SMILES string of the molecule is CC(C)CC1=CCC(CC(C)C)=N1. The number of aliphatic imine (C=N–C) groups is 1. The first kappa shape index (κ1) is 10.5. The quantitative estimate of drug-likeness (QED) is 0.622. The van der Waals surface area contributed by atoms with Gasteiger partial charge in [0.1, 0.15) is 0 Å². The van der Waals surface area contributed by atoms with Crippen molar-refractivity contribution in [3.05, 3.63) is 11.8 Å². The van der Waals surface area contributed by atoms with Crippen LogP contribution in [0.2, 0.25) is 0 Å². The topological polar surface area (TPSA) is 12.4 Å². The standard InChI is InChI=1S/C12H21N/c1-9(2)7-11-5-6-12(13-11)8-10(3)4/h5,9-10H,6-8H2,1-4H3. The van der Waals surface area contributed by atoms with Crippen molar-refractivity contribution in [3.63, 3.8) is 0 Å². The van der Waals surface area contributed by atoms with E-state index in [1.54, 1.807) is 0 Å². The fourth-order valence-electron chi connectivity index (χ4n) is 1.68. The van der Waals surface area contributed by atoms with Gasteiger partial charge in [0.15, 0.2) is 0 Å². The molecule has 1 heteroatoms. The summed E-state index contributed by atoms with van der Waals surface area (Å²) < 4.78 is 0. The molecule has 1 aliphatic rings. The lowest BCUT2D eigenvalue weighted by molar-refractivity contribution is 0.638. The van der Waals surface area contributed by atoms with E-state index in [9.17, 15) is 0 Å². The summed E-state index contributed by atoms with van der Waals surface area (Å²) in [5, 5.41) is 0. The van der Waals surface area contributed by atoms with Crippen LogP contribution in [0.1, 0.15) is 47.0 Å². The molecule has 0 atom stereocenters. The van der Waals surface area contributed by atoms with Crippen molar-refractivity contribution in [2.24, 2.45) is 16.8 Å². The van der Waals surface area contributed by atoms with E-state index in [1.165, 1.54) is 11.4 Å². The lowest BCUT2D eigenvalue weighted by atomic mass is 10.1. The molecule has 0 aromatic rings. The lowest BCUT2D eigenvalue weighted by Crippen LogP contribution is -1.99. The van der Waals surface area contributed by atoms with Gasteiger partial charge in [-0.15, -0.1) is 0 Å². The minimum absolute atomic E-state index is 0.730. The number of hydrogen-bond acceptors (Lipinski definition) is 1. The van der Waals surface area contributed by atoms with Crippen LogP contribution in [0.5, 0.6) is 0 Å². The molecule has 0 spiro atoms. The molecule has 0 aromatic carbocycles. The van der Waals surface area contributed by atoms with Gasteiger partial charge in [0.25, 0.3) is 0 Å². The van der Waals surface area contributed by atoms with Crippen LogP contribution in [0.15, 0.2) is 16.8 Å². The Balaban J connectivity index is 2.41. The molecule has 0 bridgehead atoms. The fraction of sp³-hybridized carbons (Fsp3) is 0.750. The smallest absolute Gasteiger partial charge is 0.0369 e. The average Bonchev–Trinajstić information content (AvgIpc) is 2.33. The molecule has 0 unspecified atom stereocenters. The maximum absolute atomic E-state index is 4.65. The molecule has 1 heterocycles. The zero-order valence-electron chi connectivity index (χ0n) is 9.30. The molecule has 1 rings (SSSR count). The predicted molar refractivity (Wildman–Crippen MR) is 59.0 cm³/mol. The van der Waals surface area contributed by atoms with Crippen LogP contribution in [0.25, 0.3) is 0 Å². The average molecular weight is 179 g/mol. The zero-order valence-corrected chi connectivity index (χ0v) is 9.30. The second kappa shape index (κ2) is 4.59. The Hall–Kier alpha value is -0.590. The Morgan fingerprint density at radius 1 is 1.15 bits per heavy atom. The van der Waals surface area contributed by atoms with Crippen LogP contribution in [-0.4, -0.2) is 5.71 Å². The molecular formula is C12H21N. The Morgan fingerprint density at radius 3 is 2.31 bits per heavy atom. The lowest BCUT2D eigenvalue weighted by Gasteiger charge is -2.04. The van der Waals surface area contributed by atoms with Crippen molar-refractivity contribution in [2.45, 2.75) is 47.0 Å². The van der Waals surface area contributed by atoms with Gasteiger partial charge >= 0.3 is 0 Å². The molecule has 0 radical (unpaired) electrons. The van der Waals surface area contributed by atoms with Gasteiger partial charge in [-0.2, -0.15) is 0 Å². The number of allylic oxidation sites excluding steroid dienone is 2. The molecule has 13 heavy (non-hydrogen) atoms. The predicted octanol–water partition coefficient (Wildman–Crippen LogP) is 3.81. The van der Waals surface area contributed by atoms with Crippen molar-refractivity contribution in [2.75, 3.05) is 0 Å². The summed E-state index contributed by atoms with van der Waals surface area (Å²) in [5.74, 6) is 1.47. The van der Waals surface area contributed by atoms with Crippen molar-refractivity contribution in [1.29, 1.82) is 0 Å². The maximum atomic E-state index is 4.65. The molecule has 0 saturated heterocycles. The van der Waals surface area contributed by atoms with Crippen LogP contribution in [-0.2, 0) is 0 Å². The molecule has 0 N–H and O–H groups in total. The molecule has 0 fully saturated rings. The van der Waals surface area contributed by atoms with Crippen molar-refractivity contribution >= 4 is 5.71 Å². The molecular weight excluding hydrogens is 158 g/mol. The van der Waals surface area contributed by atoms with Crippen LogP contribution in [0.4, 0.5) is 0 Å². The van der Waals surface area contributed by atoms with Gasteiger partial charge in [0.2, 0.25) is 0 Å². The van der Waals surface area contributed by atoms with Crippen LogP contribution >= 0.6 is 0 Å². The first-order valence-electron chi connectivity index (χ1n) is 5.33. The summed E-state index contributed by atoms with van der Waals surface area (Å²) in [4.78, 5) is 4.65. The Labute approximate surface area is 82.0 Å². The summed E-state index contributed by atoms with van der Waals surface area (Å²) >= 11 is 0. The van der Waals surface area contributed by atoms with Gasteiger partial charge in [0, 0.05) is 17.8 Å². The van der Waals surface area contributed by atoms with E-state index < -0.39 is 0 Å². The first-order chi connectivity index (χ1) is 6.08. The highest BCUT2D eigenvalue weighted by molar-refractivity contribution is 5.88. The number of rotatable bonds is 4. The minimum atomic E-state index is 0.730. The van der Waals surface area contributed by atoms with Gasteiger partial charge < -0.3 is 0 Å². The largest absolute Gasteiger partial charge is 0.262 e. The van der Waals surface area contributed by atoms with E-state index >= 15 is 0 Å². The fourth-order valence-corrected chi connectivity index (χ4v) is 1.68. The van der Waals surface area contributed by atoms with Gasteiger partial charge in [-0.25, -0.2) is 0 Å². The molecule has 1 nitrogen and oxygen atoms in total. The van der Waals surface area contributed by atoms with Gasteiger partial charge in [0.05, 0.1) is 0 Å². The van der Waals surface area contributed by atoms with Gasteiger partial charge in [-0.3, -0.25) is 4.99 Å². The van der Waals surface area contributed by atoms with E-state index in [2.05, 4.69) is 38.8 Å². The Bertz CT molecular complexity index is 221. The van der Waals surface area contributed by atoms with Crippen molar-refractivity contribution < 1.29 is 0 Å². The van der Waals surface area contributed by atoms with E-state index in [-0.39, 0.29) is 0 Å². The van der Waals surface area contributed by atoms with Crippen molar-refractivity contribution in [3.8, 4) is 0 Å². The normalized spacial score (nSPS) is 16.8. The highest BCUT2D eigenvalue weighted by Crippen LogP contribution is 2.21. The molecule has 0 saturated carbocycles. The first-order valence-corrected chi connectivity index (χ1v) is 5.33. The maximum Gasteiger partial charge on any atom is 0.0369 e. The number of nitrogens with zero attached hydrogens (tertiary/aromatic N) is 1. The third kappa shape index (κ3) is 3.75.